The number of ether oxygens (including phenoxy) is 1. The van der Waals surface area contributed by atoms with Gasteiger partial charge < -0.3 is 9.64 Å². The van der Waals surface area contributed by atoms with Gasteiger partial charge in [-0.05, 0) is 73.4 Å². The van der Waals surface area contributed by atoms with Crippen LogP contribution in [-0.4, -0.2) is 33.5 Å². The van der Waals surface area contributed by atoms with E-state index in [4.69, 9.17) is 4.74 Å². The molecule has 0 aliphatic carbocycles. The second-order valence-corrected chi connectivity index (χ2v) is 10.7. The Bertz CT molecular complexity index is 1230. The van der Waals surface area contributed by atoms with Gasteiger partial charge in [-0.3, -0.25) is 4.79 Å². The minimum absolute atomic E-state index is 0.0554. The lowest BCUT2D eigenvalue weighted by molar-refractivity contribution is -0.120. The maximum atomic E-state index is 12.8. The van der Waals surface area contributed by atoms with E-state index in [1.165, 1.54) is 12.1 Å². The number of nitrogens with one attached hydrogen (secondary N) is 1. The van der Waals surface area contributed by atoms with Crippen LogP contribution in [0.4, 0.5) is 5.69 Å². The van der Waals surface area contributed by atoms with Crippen molar-refractivity contribution in [3.63, 3.8) is 0 Å². The van der Waals surface area contributed by atoms with E-state index in [9.17, 15) is 13.2 Å². The Morgan fingerprint density at radius 3 is 2.55 bits per heavy atom. The first kappa shape index (κ1) is 23.5. The second kappa shape index (κ2) is 10.1. The number of fused-ring (bicyclic) bond motifs is 1. The second-order valence-electron chi connectivity index (χ2n) is 7.98. The van der Waals surface area contributed by atoms with Gasteiger partial charge in [0.15, 0.2) is 6.61 Å². The standard InChI is InChI=1S/C25H25BrN2O4S/c1-18-15-20-16-21(26)7-12-24(20)28(18)25(29)17-32-22-8-10-23(11-9-22)33(30,31)27-14-13-19-5-3-2-4-6-19/h2-12,16,18,27H,13-15,17H2,1H3. The van der Waals surface area contributed by atoms with Gasteiger partial charge in [-0.25, -0.2) is 13.1 Å². The number of hydrogen-bond acceptors (Lipinski definition) is 4. The molecule has 0 fully saturated rings. The van der Waals surface area contributed by atoms with Crippen molar-refractivity contribution in [1.82, 2.24) is 4.72 Å². The fourth-order valence-corrected chi connectivity index (χ4v) is 5.41. The van der Waals surface area contributed by atoms with Gasteiger partial charge in [-0.15, -0.1) is 0 Å². The van der Waals surface area contributed by atoms with Crippen molar-refractivity contribution in [2.45, 2.75) is 30.7 Å². The van der Waals surface area contributed by atoms with Crippen molar-refractivity contribution in [1.29, 1.82) is 0 Å². The average Bonchev–Trinajstić information content (AvgIpc) is 3.13. The number of halogens is 1. The van der Waals surface area contributed by atoms with E-state index in [-0.39, 0.29) is 23.5 Å². The number of carbonyl (C=O) groups is 1. The normalized spacial score (nSPS) is 15.3. The van der Waals surface area contributed by atoms with Crippen LogP contribution < -0.4 is 14.4 Å². The van der Waals surface area contributed by atoms with E-state index in [0.717, 1.165) is 27.7 Å². The molecule has 172 valence electrons. The summed E-state index contributed by atoms with van der Waals surface area (Å²) in [5.74, 6) is 0.303. The lowest BCUT2D eigenvalue weighted by Gasteiger charge is -2.22. The Balaban J connectivity index is 1.33. The van der Waals surface area contributed by atoms with Gasteiger partial charge in [0.1, 0.15) is 5.75 Å². The number of rotatable bonds is 8. The van der Waals surface area contributed by atoms with E-state index in [1.807, 2.05) is 55.5 Å². The maximum absolute atomic E-state index is 12.8. The maximum Gasteiger partial charge on any atom is 0.265 e. The van der Waals surface area contributed by atoms with Gasteiger partial charge in [-0.1, -0.05) is 46.3 Å². The van der Waals surface area contributed by atoms with Crippen molar-refractivity contribution in [2.75, 3.05) is 18.1 Å². The van der Waals surface area contributed by atoms with Crippen LogP contribution in [0.5, 0.6) is 5.75 Å². The number of hydrogen-bond donors (Lipinski definition) is 1. The molecular weight excluding hydrogens is 504 g/mol. The van der Waals surface area contributed by atoms with Gasteiger partial charge in [0, 0.05) is 22.7 Å². The fourth-order valence-electron chi connectivity index (χ4n) is 3.97. The first-order valence-electron chi connectivity index (χ1n) is 10.7. The van der Waals surface area contributed by atoms with E-state index < -0.39 is 10.0 Å². The summed E-state index contributed by atoms with van der Waals surface area (Å²) in [6.07, 6.45) is 1.41. The fraction of sp³-hybridized carbons (Fsp3) is 0.240. The minimum Gasteiger partial charge on any atom is -0.484 e. The summed E-state index contributed by atoms with van der Waals surface area (Å²) >= 11 is 3.47. The largest absolute Gasteiger partial charge is 0.484 e. The van der Waals surface area contributed by atoms with Crippen LogP contribution >= 0.6 is 15.9 Å². The SMILES string of the molecule is CC1Cc2cc(Br)ccc2N1C(=O)COc1ccc(S(=O)(=O)NCCc2ccccc2)cc1. The molecule has 6 nitrogen and oxygen atoms in total. The lowest BCUT2D eigenvalue weighted by Crippen LogP contribution is -2.39. The highest BCUT2D eigenvalue weighted by molar-refractivity contribution is 9.10. The van der Waals surface area contributed by atoms with Crippen LogP contribution in [0.3, 0.4) is 0 Å². The zero-order valence-corrected chi connectivity index (χ0v) is 20.6. The first-order chi connectivity index (χ1) is 15.8. The molecule has 8 heteroatoms. The molecule has 1 aliphatic rings. The predicted octanol–water partition coefficient (Wildman–Crippen LogP) is 4.33. The van der Waals surface area contributed by atoms with Crippen molar-refractivity contribution >= 4 is 37.5 Å². The summed E-state index contributed by atoms with van der Waals surface area (Å²) in [6.45, 7) is 2.20. The summed E-state index contributed by atoms with van der Waals surface area (Å²) in [5.41, 5.74) is 3.10. The van der Waals surface area contributed by atoms with Crippen LogP contribution in [0.1, 0.15) is 18.1 Å². The number of anilines is 1. The molecule has 33 heavy (non-hydrogen) atoms. The number of nitrogens with zero attached hydrogens (tertiary/aromatic N) is 1. The molecule has 1 aliphatic heterocycles. The zero-order valence-electron chi connectivity index (χ0n) is 18.2. The smallest absolute Gasteiger partial charge is 0.265 e. The molecule has 1 atom stereocenters. The van der Waals surface area contributed by atoms with Crippen LogP contribution in [0.25, 0.3) is 0 Å². The molecular formula is C25H25BrN2O4S. The molecule has 1 heterocycles. The van der Waals surface area contributed by atoms with Crippen LogP contribution in [-0.2, 0) is 27.7 Å². The monoisotopic (exact) mass is 528 g/mol. The zero-order chi connectivity index (χ0) is 23.4. The molecule has 0 aromatic heterocycles. The van der Waals surface area contributed by atoms with Gasteiger partial charge >= 0.3 is 0 Å². The average molecular weight is 529 g/mol. The Hall–Kier alpha value is -2.68. The third-order valence-corrected chi connectivity index (χ3v) is 7.54. The molecule has 1 unspecified atom stereocenters. The molecule has 4 rings (SSSR count). The van der Waals surface area contributed by atoms with Gasteiger partial charge in [0.2, 0.25) is 10.0 Å². The van der Waals surface area contributed by atoms with Crippen molar-refractivity contribution in [2.24, 2.45) is 0 Å². The number of benzene rings is 3. The summed E-state index contributed by atoms with van der Waals surface area (Å²) < 4.78 is 34.3. The lowest BCUT2D eigenvalue weighted by atomic mass is 10.1. The summed E-state index contributed by atoms with van der Waals surface area (Å²) in [7, 11) is -3.62. The summed E-state index contributed by atoms with van der Waals surface area (Å²) in [6, 6.07) is 21.7. The topological polar surface area (TPSA) is 75.7 Å². The molecule has 0 saturated carbocycles. The molecule has 3 aromatic carbocycles. The Morgan fingerprint density at radius 2 is 1.82 bits per heavy atom. The van der Waals surface area contributed by atoms with E-state index in [0.29, 0.717) is 18.7 Å². The van der Waals surface area contributed by atoms with E-state index in [2.05, 4.69) is 20.7 Å². The van der Waals surface area contributed by atoms with Crippen molar-refractivity contribution in [3.8, 4) is 5.75 Å². The Morgan fingerprint density at radius 1 is 1.09 bits per heavy atom. The Kier molecular flexibility index (Phi) is 7.17. The molecule has 0 radical (unpaired) electrons. The van der Waals surface area contributed by atoms with Gasteiger partial charge in [-0.2, -0.15) is 0 Å². The molecule has 0 saturated heterocycles. The van der Waals surface area contributed by atoms with Crippen molar-refractivity contribution in [3.05, 3.63) is 88.4 Å². The van der Waals surface area contributed by atoms with Crippen molar-refractivity contribution < 1.29 is 17.9 Å². The van der Waals surface area contributed by atoms with E-state index >= 15 is 0 Å². The van der Waals surface area contributed by atoms with Gasteiger partial charge in [0.05, 0.1) is 4.90 Å². The molecule has 1 amide bonds. The van der Waals surface area contributed by atoms with Crippen LogP contribution in [0.15, 0.2) is 82.2 Å². The highest BCUT2D eigenvalue weighted by Crippen LogP contribution is 2.34. The third-order valence-electron chi connectivity index (χ3n) is 5.57. The number of sulfonamides is 1. The molecule has 1 N–H and O–H groups in total. The summed E-state index contributed by atoms with van der Waals surface area (Å²) in [5, 5.41) is 0. The van der Waals surface area contributed by atoms with Gasteiger partial charge in [0.25, 0.3) is 5.91 Å². The molecule has 0 bridgehead atoms. The molecule has 3 aromatic rings. The summed E-state index contributed by atoms with van der Waals surface area (Å²) in [4.78, 5) is 14.7. The van der Waals surface area contributed by atoms with Crippen LogP contribution in [0, 0.1) is 0 Å². The quantitative estimate of drug-likeness (QED) is 0.472. The number of amides is 1. The highest BCUT2D eigenvalue weighted by atomic mass is 79.9. The first-order valence-corrected chi connectivity index (χ1v) is 13.0. The highest BCUT2D eigenvalue weighted by Gasteiger charge is 2.31. The third kappa shape index (κ3) is 5.63. The molecule has 0 spiro atoms. The van der Waals surface area contributed by atoms with Crippen LogP contribution in [0.2, 0.25) is 0 Å². The van der Waals surface area contributed by atoms with E-state index in [1.54, 1.807) is 17.0 Å². The minimum atomic E-state index is -3.62. The Labute approximate surface area is 202 Å². The predicted molar refractivity (Wildman–Crippen MR) is 132 cm³/mol. The number of carbonyl (C=O) groups excluding carboxylic acids is 1.